The lowest BCUT2D eigenvalue weighted by Crippen LogP contribution is -2.36. The number of sulfone groups is 1. The van der Waals surface area contributed by atoms with E-state index in [2.05, 4.69) is 46.2 Å². The summed E-state index contributed by atoms with van der Waals surface area (Å²) in [5.74, 6) is -0.357. The maximum atomic E-state index is 14.2. The van der Waals surface area contributed by atoms with Crippen LogP contribution in [-0.2, 0) is 29.0 Å². The Bertz CT molecular complexity index is 1730. The molecule has 1 amide bonds. The Hall–Kier alpha value is -3.03. The molecule has 13 heteroatoms. The van der Waals surface area contributed by atoms with Crippen LogP contribution in [-0.4, -0.2) is 65.0 Å². The number of hydrogen-bond acceptors (Lipinski definition) is 8. The van der Waals surface area contributed by atoms with Crippen LogP contribution < -0.4 is 5.32 Å². The van der Waals surface area contributed by atoms with Crippen LogP contribution in [0.1, 0.15) is 77.4 Å². The molecule has 2 aliphatic carbocycles. The molecule has 2 saturated carbocycles. The number of alkyl halides is 3. The number of hydrogen-bond donors (Lipinski definition) is 1. The van der Waals surface area contributed by atoms with Gasteiger partial charge in [0, 0.05) is 43.6 Å². The van der Waals surface area contributed by atoms with Crippen LogP contribution >= 0.6 is 11.3 Å². The Labute approximate surface area is 252 Å². The minimum atomic E-state index is -4.79. The van der Waals surface area contributed by atoms with Crippen LogP contribution in [0.2, 0.25) is 0 Å². The second-order valence-corrected chi connectivity index (χ2v) is 15.4. The molecule has 7 rings (SSSR count). The zero-order chi connectivity index (χ0) is 30.3. The Morgan fingerprint density at radius 1 is 1.07 bits per heavy atom. The summed E-state index contributed by atoms with van der Waals surface area (Å²) >= 11 is 0.752. The van der Waals surface area contributed by atoms with Gasteiger partial charge in [-0.25, -0.2) is 18.4 Å². The summed E-state index contributed by atoms with van der Waals surface area (Å²) in [5, 5.41) is 3.20. The number of fused-ring (bicyclic) bond motifs is 2. The first-order chi connectivity index (χ1) is 20.4. The lowest BCUT2D eigenvalue weighted by atomic mass is 9.93. The van der Waals surface area contributed by atoms with E-state index in [4.69, 9.17) is 0 Å². The largest absolute Gasteiger partial charge is 0.420 e. The van der Waals surface area contributed by atoms with Gasteiger partial charge in [-0.3, -0.25) is 9.69 Å². The van der Waals surface area contributed by atoms with Gasteiger partial charge in [0.2, 0.25) is 5.95 Å². The molecule has 2 aromatic heterocycles. The molecule has 1 aromatic carbocycles. The fourth-order valence-electron chi connectivity index (χ4n) is 6.06. The van der Waals surface area contributed by atoms with Crippen molar-refractivity contribution in [1.29, 1.82) is 0 Å². The highest BCUT2D eigenvalue weighted by Gasteiger charge is 2.42. The first-order valence-electron chi connectivity index (χ1n) is 14.7. The van der Waals surface area contributed by atoms with Crippen molar-refractivity contribution in [3.8, 4) is 10.6 Å². The van der Waals surface area contributed by atoms with Crippen molar-refractivity contribution in [1.82, 2.24) is 19.8 Å². The van der Waals surface area contributed by atoms with Crippen molar-refractivity contribution < 1.29 is 26.4 Å². The SMILES string of the molecule is CC(C)N1CCc2cc(Nc3ncc(C(F)(F)F)c(-c4cc5c(s4)C(=O)N(C4CC4)CCS5(=O)=O)n3)c(C3CC3)cc2C1. The van der Waals surface area contributed by atoms with E-state index >= 15 is 0 Å². The topological polar surface area (TPSA) is 95.5 Å². The minimum absolute atomic E-state index is 0.0122. The molecule has 2 fully saturated rings. The number of thiophene rings is 1. The van der Waals surface area contributed by atoms with Gasteiger partial charge in [0.15, 0.2) is 9.84 Å². The van der Waals surface area contributed by atoms with Gasteiger partial charge >= 0.3 is 6.18 Å². The number of halogens is 3. The molecule has 0 saturated heterocycles. The summed E-state index contributed by atoms with van der Waals surface area (Å²) in [6.45, 7) is 6.23. The molecule has 4 aliphatic rings. The third-order valence-electron chi connectivity index (χ3n) is 8.81. The zero-order valence-electron chi connectivity index (χ0n) is 23.9. The van der Waals surface area contributed by atoms with Gasteiger partial charge < -0.3 is 10.2 Å². The van der Waals surface area contributed by atoms with E-state index in [-0.39, 0.29) is 38.9 Å². The van der Waals surface area contributed by atoms with Crippen molar-refractivity contribution in [2.75, 3.05) is 24.2 Å². The maximum Gasteiger partial charge on any atom is 0.420 e. The van der Waals surface area contributed by atoms with Crippen molar-refractivity contribution in [3.63, 3.8) is 0 Å². The predicted molar refractivity (Wildman–Crippen MR) is 157 cm³/mol. The second kappa shape index (κ2) is 10.3. The van der Waals surface area contributed by atoms with E-state index in [0.717, 1.165) is 74.0 Å². The lowest BCUT2D eigenvalue weighted by Gasteiger charge is -2.32. The van der Waals surface area contributed by atoms with E-state index in [1.54, 1.807) is 0 Å². The Kier molecular flexibility index (Phi) is 6.86. The van der Waals surface area contributed by atoms with Crippen LogP contribution in [0.25, 0.3) is 10.6 Å². The molecule has 0 spiro atoms. The Morgan fingerprint density at radius 3 is 2.51 bits per heavy atom. The smallest absolute Gasteiger partial charge is 0.334 e. The van der Waals surface area contributed by atoms with Gasteiger partial charge in [-0.15, -0.1) is 11.3 Å². The van der Waals surface area contributed by atoms with Gasteiger partial charge in [0.1, 0.15) is 10.4 Å². The summed E-state index contributed by atoms with van der Waals surface area (Å²) in [5.41, 5.74) is 2.83. The van der Waals surface area contributed by atoms with Crippen LogP contribution in [0.5, 0.6) is 0 Å². The van der Waals surface area contributed by atoms with Crippen LogP contribution in [0.15, 0.2) is 29.3 Å². The molecule has 2 aliphatic heterocycles. The molecule has 3 aromatic rings. The summed E-state index contributed by atoms with van der Waals surface area (Å²) in [6.07, 6.45) is 0.486. The van der Waals surface area contributed by atoms with Crippen molar-refractivity contribution >= 4 is 38.7 Å². The molecule has 0 radical (unpaired) electrons. The van der Waals surface area contributed by atoms with E-state index in [0.29, 0.717) is 12.0 Å². The molecule has 0 unspecified atom stereocenters. The first kappa shape index (κ1) is 28.7. The molecule has 0 bridgehead atoms. The highest BCUT2D eigenvalue weighted by Crippen LogP contribution is 2.46. The summed E-state index contributed by atoms with van der Waals surface area (Å²) in [6, 6.07) is 5.88. The van der Waals surface area contributed by atoms with E-state index < -0.39 is 33.2 Å². The second-order valence-electron chi connectivity index (χ2n) is 12.2. The molecule has 0 atom stereocenters. The molecular formula is C30H32F3N5O3S2. The van der Waals surface area contributed by atoms with Crippen LogP contribution in [0, 0.1) is 0 Å². The van der Waals surface area contributed by atoms with Crippen molar-refractivity contribution in [2.45, 2.75) is 81.6 Å². The van der Waals surface area contributed by atoms with E-state index in [1.165, 1.54) is 22.1 Å². The average Bonchev–Trinajstić information content (AvgIpc) is 3.89. The number of carbonyl (C=O) groups is 1. The number of rotatable bonds is 6. The summed E-state index contributed by atoms with van der Waals surface area (Å²) < 4.78 is 68.8. The van der Waals surface area contributed by atoms with Gasteiger partial charge in [-0.1, -0.05) is 6.07 Å². The van der Waals surface area contributed by atoms with Crippen molar-refractivity contribution in [3.05, 3.63) is 51.5 Å². The number of carbonyl (C=O) groups excluding carboxylic acids is 1. The zero-order valence-corrected chi connectivity index (χ0v) is 25.5. The standard InChI is InChI=1S/C30H32F3N5O3S2/c1-16(2)37-8-7-18-12-23(21(17-3-4-17)11-19(18)15-37)35-29-34-14-22(30(31,32)33)26(36-29)24-13-25-27(42-24)28(39)38(20-5-6-20)9-10-43(25,40)41/h11-14,16-17,20H,3-10,15H2,1-2H3,(H,34,35,36). The third kappa shape index (κ3) is 5.44. The Morgan fingerprint density at radius 2 is 1.84 bits per heavy atom. The maximum absolute atomic E-state index is 14.2. The summed E-state index contributed by atoms with van der Waals surface area (Å²) in [4.78, 5) is 25.3. The van der Waals surface area contributed by atoms with Gasteiger partial charge in [-0.05, 0) is 80.7 Å². The fraction of sp³-hybridized carbons (Fsp3) is 0.500. The lowest BCUT2D eigenvalue weighted by molar-refractivity contribution is -0.137. The van der Waals surface area contributed by atoms with Gasteiger partial charge in [-0.2, -0.15) is 13.2 Å². The molecule has 8 nitrogen and oxygen atoms in total. The van der Waals surface area contributed by atoms with E-state index in [9.17, 15) is 26.4 Å². The molecular weight excluding hydrogens is 599 g/mol. The monoisotopic (exact) mass is 631 g/mol. The third-order valence-corrected chi connectivity index (χ3v) is 11.8. The number of amides is 1. The minimum Gasteiger partial charge on any atom is -0.334 e. The number of nitrogens with one attached hydrogen (secondary N) is 1. The normalized spacial score (nSPS) is 20.6. The highest BCUT2D eigenvalue weighted by molar-refractivity contribution is 7.91. The Balaban J connectivity index is 1.28. The molecule has 1 N–H and O–H groups in total. The van der Waals surface area contributed by atoms with Crippen LogP contribution in [0.3, 0.4) is 0 Å². The highest BCUT2D eigenvalue weighted by atomic mass is 32.2. The fourth-order valence-corrected chi connectivity index (χ4v) is 8.97. The number of anilines is 2. The number of aromatic nitrogens is 2. The average molecular weight is 632 g/mol. The number of benzene rings is 1. The quantitative estimate of drug-likeness (QED) is 0.357. The van der Waals surface area contributed by atoms with Gasteiger partial charge in [0.25, 0.3) is 5.91 Å². The summed E-state index contributed by atoms with van der Waals surface area (Å²) in [7, 11) is -3.87. The van der Waals surface area contributed by atoms with Crippen LogP contribution in [0.4, 0.5) is 24.8 Å². The predicted octanol–water partition coefficient (Wildman–Crippen LogP) is 6.00. The van der Waals surface area contributed by atoms with E-state index in [1.807, 2.05) is 0 Å². The van der Waals surface area contributed by atoms with Gasteiger partial charge in [0.05, 0.1) is 21.2 Å². The van der Waals surface area contributed by atoms with Crippen molar-refractivity contribution in [2.24, 2.45) is 0 Å². The first-order valence-corrected chi connectivity index (χ1v) is 17.1. The number of nitrogens with zero attached hydrogens (tertiary/aromatic N) is 4. The molecule has 228 valence electrons. The molecule has 43 heavy (non-hydrogen) atoms. The molecule has 4 heterocycles.